The predicted octanol–water partition coefficient (Wildman–Crippen LogP) is 2.92. The monoisotopic (exact) mass is 378 g/mol. The number of rotatable bonds is 2. The molecule has 0 aromatic heterocycles. The van der Waals surface area contributed by atoms with E-state index in [4.69, 9.17) is 11.6 Å². The van der Waals surface area contributed by atoms with Crippen LogP contribution in [0.1, 0.15) is 23.2 Å². The molecule has 8 heteroatoms. The molecular weight excluding hydrogens is 364 g/mol. The number of fused-ring (bicyclic) bond motifs is 3. The van der Waals surface area contributed by atoms with Crippen LogP contribution in [0.15, 0.2) is 41.3 Å². The summed E-state index contributed by atoms with van der Waals surface area (Å²) in [5.74, 6) is -1.09. The van der Waals surface area contributed by atoms with E-state index in [-0.39, 0.29) is 16.6 Å². The van der Waals surface area contributed by atoms with Crippen molar-refractivity contribution in [2.45, 2.75) is 23.9 Å². The number of carboxylic acid groups (broad SMARTS) is 1. The molecule has 1 saturated heterocycles. The highest BCUT2D eigenvalue weighted by molar-refractivity contribution is 7.89. The Hall–Kier alpha value is -2.09. The van der Waals surface area contributed by atoms with Crippen LogP contribution in [0.4, 0.5) is 5.69 Å². The van der Waals surface area contributed by atoms with Crippen LogP contribution in [0, 0.1) is 0 Å². The lowest BCUT2D eigenvalue weighted by Crippen LogP contribution is -2.48. The van der Waals surface area contributed by atoms with Crippen LogP contribution in [-0.2, 0) is 10.0 Å². The number of nitrogens with zero attached hydrogens (tertiary/aromatic N) is 1. The Morgan fingerprint density at radius 3 is 2.80 bits per heavy atom. The van der Waals surface area contributed by atoms with E-state index < -0.39 is 16.0 Å². The van der Waals surface area contributed by atoms with E-state index in [0.29, 0.717) is 21.8 Å². The molecule has 25 heavy (non-hydrogen) atoms. The number of nitrogens with one attached hydrogen (secondary N) is 1. The molecule has 0 radical (unpaired) electrons. The second-order valence-corrected chi connectivity index (χ2v) is 8.27. The summed E-state index contributed by atoms with van der Waals surface area (Å²) in [6.45, 7) is 0.789. The van der Waals surface area contributed by atoms with E-state index in [2.05, 4.69) is 4.72 Å². The number of hydrogen-bond donors (Lipinski definition) is 2. The average Bonchev–Trinajstić information content (AvgIpc) is 3.01. The molecule has 2 aromatic carbocycles. The largest absolute Gasteiger partial charge is 0.478 e. The SMILES string of the molecule is O=C(O)c1ccc(Cl)cc1-c1ccc2c(c1)S(=O)(=O)NC1CCCN21. The van der Waals surface area contributed by atoms with E-state index in [1.54, 1.807) is 12.1 Å². The second kappa shape index (κ2) is 5.72. The van der Waals surface area contributed by atoms with Gasteiger partial charge in [-0.25, -0.2) is 13.2 Å². The molecular formula is C17H15ClN2O4S. The number of anilines is 1. The van der Waals surface area contributed by atoms with E-state index in [1.165, 1.54) is 24.3 Å². The summed E-state index contributed by atoms with van der Waals surface area (Å²) in [6.07, 6.45) is 1.49. The molecule has 2 heterocycles. The zero-order valence-electron chi connectivity index (χ0n) is 13.1. The van der Waals surface area contributed by atoms with Crippen molar-refractivity contribution >= 4 is 33.3 Å². The van der Waals surface area contributed by atoms with Crippen molar-refractivity contribution in [3.63, 3.8) is 0 Å². The fourth-order valence-corrected chi connectivity index (χ4v) is 5.14. The van der Waals surface area contributed by atoms with Crippen LogP contribution in [0.2, 0.25) is 5.02 Å². The van der Waals surface area contributed by atoms with Crippen molar-refractivity contribution in [2.75, 3.05) is 11.4 Å². The number of halogens is 1. The molecule has 0 amide bonds. The summed E-state index contributed by atoms with van der Waals surface area (Å²) < 4.78 is 27.9. The smallest absolute Gasteiger partial charge is 0.336 e. The van der Waals surface area contributed by atoms with Crippen LogP contribution >= 0.6 is 11.6 Å². The van der Waals surface area contributed by atoms with Crippen LogP contribution in [0.25, 0.3) is 11.1 Å². The summed E-state index contributed by atoms with van der Waals surface area (Å²) >= 11 is 6.01. The number of carboxylic acids is 1. The van der Waals surface area contributed by atoms with Crippen LogP contribution < -0.4 is 9.62 Å². The fraction of sp³-hybridized carbons (Fsp3) is 0.235. The van der Waals surface area contributed by atoms with Gasteiger partial charge in [-0.1, -0.05) is 17.7 Å². The first-order valence-corrected chi connectivity index (χ1v) is 9.69. The fourth-order valence-electron chi connectivity index (χ4n) is 3.50. The second-order valence-electron chi connectivity index (χ2n) is 6.15. The molecule has 4 rings (SSSR count). The molecule has 1 atom stereocenters. The minimum Gasteiger partial charge on any atom is -0.478 e. The summed E-state index contributed by atoms with van der Waals surface area (Å²) in [7, 11) is -3.64. The van der Waals surface area contributed by atoms with Gasteiger partial charge in [0.05, 0.1) is 17.4 Å². The lowest BCUT2D eigenvalue weighted by atomic mass is 9.99. The van der Waals surface area contributed by atoms with Gasteiger partial charge in [0.2, 0.25) is 10.0 Å². The van der Waals surface area contributed by atoms with Gasteiger partial charge in [0.25, 0.3) is 0 Å². The number of benzene rings is 2. The van der Waals surface area contributed by atoms with Crippen LogP contribution in [0.5, 0.6) is 0 Å². The first kappa shape index (κ1) is 16.4. The van der Waals surface area contributed by atoms with Gasteiger partial charge in [-0.3, -0.25) is 0 Å². The predicted molar refractivity (Wildman–Crippen MR) is 94.5 cm³/mol. The zero-order valence-corrected chi connectivity index (χ0v) is 14.6. The van der Waals surface area contributed by atoms with Crippen molar-refractivity contribution in [3.05, 3.63) is 47.0 Å². The van der Waals surface area contributed by atoms with Gasteiger partial charge in [-0.15, -0.1) is 0 Å². The molecule has 0 bridgehead atoms. The molecule has 2 aliphatic rings. The van der Waals surface area contributed by atoms with E-state index >= 15 is 0 Å². The highest BCUT2D eigenvalue weighted by Crippen LogP contribution is 2.38. The van der Waals surface area contributed by atoms with Gasteiger partial charge in [-0.05, 0) is 54.3 Å². The van der Waals surface area contributed by atoms with Crippen molar-refractivity contribution in [1.29, 1.82) is 0 Å². The number of aromatic carboxylic acids is 1. The summed E-state index contributed by atoms with van der Waals surface area (Å²) in [5, 5.41) is 9.79. The van der Waals surface area contributed by atoms with Crippen molar-refractivity contribution in [2.24, 2.45) is 0 Å². The third kappa shape index (κ3) is 2.68. The van der Waals surface area contributed by atoms with Crippen molar-refractivity contribution in [1.82, 2.24) is 4.72 Å². The maximum absolute atomic E-state index is 12.6. The maximum atomic E-state index is 12.6. The van der Waals surface area contributed by atoms with Crippen molar-refractivity contribution in [3.8, 4) is 11.1 Å². The minimum atomic E-state index is -3.64. The van der Waals surface area contributed by atoms with Crippen LogP contribution in [-0.4, -0.2) is 32.2 Å². The number of sulfonamides is 1. The molecule has 0 saturated carbocycles. The Kier molecular flexibility index (Phi) is 3.75. The quantitative estimate of drug-likeness (QED) is 0.839. The molecule has 130 valence electrons. The van der Waals surface area contributed by atoms with E-state index in [1.807, 2.05) is 4.90 Å². The Morgan fingerprint density at radius 1 is 1.24 bits per heavy atom. The summed E-state index contributed by atoms with van der Waals surface area (Å²) in [4.78, 5) is 13.7. The van der Waals surface area contributed by atoms with E-state index in [9.17, 15) is 18.3 Å². The van der Waals surface area contributed by atoms with Gasteiger partial charge in [-0.2, -0.15) is 4.72 Å². The van der Waals surface area contributed by atoms with Gasteiger partial charge in [0.1, 0.15) is 4.90 Å². The third-order valence-corrected chi connectivity index (χ3v) is 6.35. The normalized spacial score (nSPS) is 20.8. The van der Waals surface area contributed by atoms with Gasteiger partial charge >= 0.3 is 5.97 Å². The molecule has 2 aromatic rings. The number of carbonyl (C=O) groups is 1. The molecule has 1 unspecified atom stereocenters. The highest BCUT2D eigenvalue weighted by atomic mass is 35.5. The Balaban J connectivity index is 1.91. The first-order valence-electron chi connectivity index (χ1n) is 7.83. The zero-order chi connectivity index (χ0) is 17.8. The van der Waals surface area contributed by atoms with Gasteiger partial charge in [0.15, 0.2) is 0 Å². The van der Waals surface area contributed by atoms with E-state index in [0.717, 1.165) is 19.4 Å². The first-order chi connectivity index (χ1) is 11.9. The number of hydrogen-bond acceptors (Lipinski definition) is 4. The molecule has 1 fully saturated rings. The molecule has 0 aliphatic carbocycles. The molecule has 6 nitrogen and oxygen atoms in total. The van der Waals surface area contributed by atoms with Gasteiger partial charge < -0.3 is 10.0 Å². The Labute approximate surface area is 150 Å². The Bertz CT molecular complexity index is 990. The standard InChI is InChI=1S/C17H15ClN2O4S/c18-11-4-5-12(17(21)22)13(9-11)10-3-6-14-15(8-10)25(23,24)19-16-2-1-7-20(14)16/h3-6,8-9,16,19H,1-2,7H2,(H,21,22). The maximum Gasteiger partial charge on any atom is 0.336 e. The highest BCUT2D eigenvalue weighted by Gasteiger charge is 2.37. The lowest BCUT2D eigenvalue weighted by molar-refractivity contribution is 0.0697. The Morgan fingerprint density at radius 2 is 2.04 bits per heavy atom. The van der Waals surface area contributed by atoms with Crippen molar-refractivity contribution < 1.29 is 18.3 Å². The topological polar surface area (TPSA) is 86.7 Å². The molecule has 2 aliphatic heterocycles. The summed E-state index contributed by atoms with van der Waals surface area (Å²) in [6, 6.07) is 9.46. The summed E-state index contributed by atoms with van der Waals surface area (Å²) in [5.41, 5.74) is 1.62. The molecule has 0 spiro atoms. The van der Waals surface area contributed by atoms with Crippen LogP contribution in [0.3, 0.4) is 0 Å². The third-order valence-electron chi connectivity index (χ3n) is 4.63. The average molecular weight is 379 g/mol. The van der Waals surface area contributed by atoms with Gasteiger partial charge in [0, 0.05) is 11.6 Å². The molecule has 2 N–H and O–H groups in total. The lowest BCUT2D eigenvalue weighted by Gasteiger charge is -2.34. The minimum absolute atomic E-state index is 0.0737.